The number of amidine groups is 1. The summed E-state index contributed by atoms with van der Waals surface area (Å²) in [4.78, 5) is 4.06. The molecule has 0 saturated carbocycles. The Balaban J connectivity index is 2.60. The Morgan fingerprint density at radius 2 is 2.44 bits per heavy atom. The van der Waals surface area contributed by atoms with Gasteiger partial charge in [0.1, 0.15) is 0 Å². The molecule has 0 aromatic carbocycles. The highest BCUT2D eigenvalue weighted by Crippen LogP contribution is 2.05. The van der Waals surface area contributed by atoms with Crippen LogP contribution < -0.4 is 11.1 Å². The van der Waals surface area contributed by atoms with Crippen molar-refractivity contribution in [1.82, 2.24) is 10.3 Å². The maximum Gasteiger partial charge on any atom is 0.156 e. The molecule has 88 valence electrons. The van der Waals surface area contributed by atoms with Crippen LogP contribution in [0.2, 0.25) is 0 Å². The van der Waals surface area contributed by atoms with Crippen LogP contribution in [0, 0.1) is 6.92 Å². The van der Waals surface area contributed by atoms with Gasteiger partial charge in [-0.25, -0.2) is 0 Å². The average molecular weight is 222 g/mol. The predicted molar refractivity (Wildman–Crippen MR) is 63.3 cm³/mol. The third kappa shape index (κ3) is 3.20. The Morgan fingerprint density at radius 1 is 1.69 bits per heavy atom. The van der Waals surface area contributed by atoms with Crippen molar-refractivity contribution in [3.63, 3.8) is 0 Å². The Hall–Kier alpha value is -1.62. The van der Waals surface area contributed by atoms with E-state index in [4.69, 9.17) is 10.9 Å². The lowest BCUT2D eigenvalue weighted by Crippen LogP contribution is -2.40. The van der Waals surface area contributed by atoms with Gasteiger partial charge in [-0.1, -0.05) is 12.1 Å². The van der Waals surface area contributed by atoms with Crippen LogP contribution in [0.5, 0.6) is 0 Å². The molecule has 0 aliphatic carbocycles. The van der Waals surface area contributed by atoms with E-state index < -0.39 is 0 Å². The van der Waals surface area contributed by atoms with Crippen molar-refractivity contribution in [3.05, 3.63) is 29.6 Å². The van der Waals surface area contributed by atoms with Gasteiger partial charge in [0.25, 0.3) is 0 Å². The van der Waals surface area contributed by atoms with Gasteiger partial charge in [-0.3, -0.25) is 4.98 Å². The number of oxime groups is 1. The second-order valence-corrected chi connectivity index (χ2v) is 3.67. The minimum absolute atomic E-state index is 0.107. The van der Waals surface area contributed by atoms with Crippen molar-refractivity contribution in [1.29, 1.82) is 0 Å². The molecule has 0 aliphatic heterocycles. The zero-order valence-corrected chi connectivity index (χ0v) is 9.64. The lowest BCUT2D eigenvalue weighted by Gasteiger charge is -2.15. The fourth-order valence-corrected chi connectivity index (χ4v) is 1.44. The van der Waals surface area contributed by atoms with Gasteiger partial charge in [-0.05, 0) is 30.5 Å². The van der Waals surface area contributed by atoms with E-state index in [9.17, 15) is 0 Å². The van der Waals surface area contributed by atoms with Crippen molar-refractivity contribution in [2.75, 3.05) is 0 Å². The number of aryl methyl sites for hydroxylation is 1. The van der Waals surface area contributed by atoms with Crippen molar-refractivity contribution >= 4 is 5.84 Å². The van der Waals surface area contributed by atoms with Crippen LogP contribution in [0.25, 0.3) is 0 Å². The Morgan fingerprint density at radius 3 is 3.00 bits per heavy atom. The zero-order valence-electron chi connectivity index (χ0n) is 9.64. The summed E-state index contributed by atoms with van der Waals surface area (Å²) in [6.07, 6.45) is 4.36. The molecule has 1 aromatic heterocycles. The van der Waals surface area contributed by atoms with E-state index in [1.807, 2.05) is 26.1 Å². The highest BCUT2D eigenvalue weighted by Gasteiger charge is 2.10. The van der Waals surface area contributed by atoms with Gasteiger partial charge < -0.3 is 16.3 Å². The summed E-state index contributed by atoms with van der Waals surface area (Å²) in [5.74, 6) is 0.212. The molecule has 0 fully saturated rings. The molecule has 1 unspecified atom stereocenters. The third-order valence-electron chi connectivity index (χ3n) is 2.57. The molecule has 1 rings (SSSR count). The van der Waals surface area contributed by atoms with E-state index in [2.05, 4.69) is 15.5 Å². The van der Waals surface area contributed by atoms with Gasteiger partial charge in [-0.15, -0.1) is 0 Å². The van der Waals surface area contributed by atoms with Gasteiger partial charge in [-0.2, -0.15) is 0 Å². The topological polar surface area (TPSA) is 83.5 Å². The summed E-state index contributed by atoms with van der Waals surface area (Å²) in [6.45, 7) is 4.67. The average Bonchev–Trinajstić information content (AvgIpc) is 2.31. The molecular weight excluding hydrogens is 204 g/mol. The first kappa shape index (κ1) is 12.4. The van der Waals surface area contributed by atoms with Crippen molar-refractivity contribution in [2.45, 2.75) is 32.9 Å². The van der Waals surface area contributed by atoms with Crippen molar-refractivity contribution in [3.8, 4) is 0 Å². The number of aromatic nitrogens is 1. The van der Waals surface area contributed by atoms with E-state index in [1.54, 1.807) is 6.20 Å². The second kappa shape index (κ2) is 6.07. The number of hydrogen-bond acceptors (Lipinski definition) is 4. The maximum absolute atomic E-state index is 8.60. The summed E-state index contributed by atoms with van der Waals surface area (Å²) in [5.41, 5.74) is 7.85. The molecule has 1 atom stereocenters. The number of pyridine rings is 1. The highest BCUT2D eigenvalue weighted by atomic mass is 16.4. The second-order valence-electron chi connectivity index (χ2n) is 3.67. The molecule has 16 heavy (non-hydrogen) atoms. The number of hydrogen-bond donors (Lipinski definition) is 3. The molecule has 1 aromatic rings. The molecule has 5 heteroatoms. The summed E-state index contributed by atoms with van der Waals surface area (Å²) in [7, 11) is 0. The van der Waals surface area contributed by atoms with Crippen LogP contribution in [0.3, 0.4) is 0 Å². The first-order valence-electron chi connectivity index (χ1n) is 5.29. The van der Waals surface area contributed by atoms with Crippen molar-refractivity contribution < 1.29 is 5.21 Å². The molecule has 1 heterocycles. The largest absolute Gasteiger partial charge is 0.409 e. The minimum atomic E-state index is -0.107. The fourth-order valence-electron chi connectivity index (χ4n) is 1.44. The van der Waals surface area contributed by atoms with Gasteiger partial charge in [0.15, 0.2) is 5.84 Å². The molecule has 0 spiro atoms. The molecule has 5 nitrogen and oxygen atoms in total. The first-order chi connectivity index (χ1) is 7.69. The Labute approximate surface area is 95.4 Å². The fraction of sp³-hybridized carbons (Fsp3) is 0.455. The first-order valence-corrected chi connectivity index (χ1v) is 5.29. The molecule has 0 amide bonds. The molecule has 0 saturated heterocycles. The van der Waals surface area contributed by atoms with Crippen LogP contribution in [-0.4, -0.2) is 22.1 Å². The van der Waals surface area contributed by atoms with Crippen LogP contribution in [-0.2, 0) is 6.54 Å². The van der Waals surface area contributed by atoms with E-state index in [0.717, 1.165) is 12.0 Å². The smallest absolute Gasteiger partial charge is 0.156 e. The number of rotatable bonds is 5. The molecule has 4 N–H and O–H groups in total. The standard InChI is InChI=1S/C11H18N4O/c1-3-10(11(12)15-16)14-7-9-6-13-5-4-8(9)2/h4-6,10,14,16H,3,7H2,1-2H3,(H2,12,15). The van der Waals surface area contributed by atoms with Gasteiger partial charge in [0, 0.05) is 18.9 Å². The minimum Gasteiger partial charge on any atom is -0.409 e. The summed E-state index contributed by atoms with van der Waals surface area (Å²) >= 11 is 0. The van der Waals surface area contributed by atoms with Crippen molar-refractivity contribution in [2.24, 2.45) is 10.9 Å². The quantitative estimate of drug-likeness (QED) is 0.300. The normalized spacial score (nSPS) is 13.8. The lowest BCUT2D eigenvalue weighted by atomic mass is 10.1. The van der Waals surface area contributed by atoms with Crippen LogP contribution >= 0.6 is 0 Å². The van der Waals surface area contributed by atoms with E-state index in [1.165, 1.54) is 5.56 Å². The predicted octanol–water partition coefficient (Wildman–Crippen LogP) is 1.00. The lowest BCUT2D eigenvalue weighted by molar-refractivity contribution is 0.314. The highest BCUT2D eigenvalue weighted by molar-refractivity contribution is 5.85. The van der Waals surface area contributed by atoms with Gasteiger partial charge in [0.2, 0.25) is 0 Å². The summed E-state index contributed by atoms with van der Waals surface area (Å²) in [5, 5.41) is 14.8. The summed E-state index contributed by atoms with van der Waals surface area (Å²) < 4.78 is 0. The van der Waals surface area contributed by atoms with E-state index >= 15 is 0 Å². The Bertz CT molecular complexity index is 365. The number of nitrogens with zero attached hydrogens (tertiary/aromatic N) is 2. The summed E-state index contributed by atoms with van der Waals surface area (Å²) in [6, 6.07) is 1.85. The van der Waals surface area contributed by atoms with Crippen LogP contribution in [0.15, 0.2) is 23.6 Å². The SMILES string of the molecule is CCC(NCc1cnccc1C)/C(N)=N/O. The molecule has 0 aliphatic rings. The third-order valence-corrected chi connectivity index (χ3v) is 2.57. The monoisotopic (exact) mass is 222 g/mol. The molecule has 0 bridgehead atoms. The van der Waals surface area contributed by atoms with Crippen LogP contribution in [0.4, 0.5) is 0 Å². The van der Waals surface area contributed by atoms with Gasteiger partial charge >= 0.3 is 0 Å². The number of nitrogens with one attached hydrogen (secondary N) is 1. The van der Waals surface area contributed by atoms with Crippen LogP contribution in [0.1, 0.15) is 24.5 Å². The molecular formula is C11H18N4O. The van der Waals surface area contributed by atoms with Gasteiger partial charge in [0.05, 0.1) is 6.04 Å². The maximum atomic E-state index is 8.60. The zero-order chi connectivity index (χ0) is 12.0. The molecule has 0 radical (unpaired) electrons. The Kier molecular flexibility index (Phi) is 4.72. The van der Waals surface area contributed by atoms with E-state index in [0.29, 0.717) is 6.54 Å². The van der Waals surface area contributed by atoms with E-state index in [-0.39, 0.29) is 11.9 Å². The number of nitrogens with two attached hydrogens (primary N) is 1.